The molecule has 0 unspecified atom stereocenters. The van der Waals surface area contributed by atoms with Gasteiger partial charge in [-0.3, -0.25) is 0 Å². The molecule has 0 aliphatic heterocycles. The molecule has 0 spiro atoms. The Hall–Kier alpha value is -0.750. The maximum absolute atomic E-state index is 5.98. The second-order valence-electron chi connectivity index (χ2n) is 3.36. The normalized spacial score (nSPS) is 14.4. The van der Waals surface area contributed by atoms with E-state index in [0.29, 0.717) is 0 Å². The molecule has 0 fully saturated rings. The monoisotopic (exact) mass is 178 g/mol. The van der Waals surface area contributed by atoms with E-state index in [0.717, 1.165) is 11.5 Å². The lowest BCUT2D eigenvalue weighted by atomic mass is 10.00. The van der Waals surface area contributed by atoms with Crippen molar-refractivity contribution in [1.29, 1.82) is 0 Å². The summed E-state index contributed by atoms with van der Waals surface area (Å²) in [7, 11) is 0. The molecular weight excluding hydrogens is 168 g/mol. The van der Waals surface area contributed by atoms with E-state index in [1.165, 1.54) is 22.3 Å². The van der Waals surface area contributed by atoms with Crippen LogP contribution in [0.3, 0.4) is 0 Å². The molecule has 0 saturated heterocycles. The fourth-order valence-electron chi connectivity index (χ4n) is 1.70. The van der Waals surface area contributed by atoms with Gasteiger partial charge in [0.15, 0.2) is 0 Å². The van der Waals surface area contributed by atoms with Gasteiger partial charge in [-0.1, -0.05) is 23.7 Å². The summed E-state index contributed by atoms with van der Waals surface area (Å²) >= 11 is 5.98. The van der Waals surface area contributed by atoms with Gasteiger partial charge in [-0.2, -0.15) is 0 Å². The highest BCUT2D eigenvalue weighted by atomic mass is 35.5. The van der Waals surface area contributed by atoms with E-state index in [1.807, 2.05) is 0 Å². The molecule has 0 N–H and O–H groups in total. The second-order valence-corrected chi connectivity index (χ2v) is 3.85. The number of fused-ring (bicyclic) bond motifs is 1. The lowest BCUT2D eigenvalue weighted by Crippen LogP contribution is -1.90. The van der Waals surface area contributed by atoms with Gasteiger partial charge < -0.3 is 0 Å². The van der Waals surface area contributed by atoms with E-state index in [-0.39, 0.29) is 0 Å². The summed E-state index contributed by atoms with van der Waals surface area (Å²) < 4.78 is 0. The quantitative estimate of drug-likeness (QED) is 0.571. The number of hydrogen-bond acceptors (Lipinski definition) is 0. The van der Waals surface area contributed by atoms with E-state index in [9.17, 15) is 0 Å². The van der Waals surface area contributed by atoms with E-state index in [1.54, 1.807) is 0 Å². The highest BCUT2D eigenvalue weighted by Crippen LogP contribution is 2.31. The zero-order valence-electron chi connectivity index (χ0n) is 7.32. The lowest BCUT2D eigenvalue weighted by Gasteiger charge is -2.05. The number of allylic oxidation sites excluding steroid dienone is 1. The van der Waals surface area contributed by atoms with Crippen LogP contribution in [0.2, 0.25) is 0 Å². The minimum absolute atomic E-state index is 0.921. The molecule has 1 aliphatic carbocycles. The molecule has 0 heterocycles. The Kier molecular flexibility index (Phi) is 1.73. The van der Waals surface area contributed by atoms with Crippen molar-refractivity contribution >= 4 is 17.7 Å². The summed E-state index contributed by atoms with van der Waals surface area (Å²) in [6.07, 6.45) is 3.00. The van der Waals surface area contributed by atoms with Crippen molar-refractivity contribution in [2.75, 3.05) is 0 Å². The van der Waals surface area contributed by atoms with Crippen LogP contribution in [0.1, 0.15) is 22.3 Å². The molecule has 0 nitrogen and oxygen atoms in total. The smallest absolute Gasteiger partial charge is 0.0231 e. The van der Waals surface area contributed by atoms with Crippen molar-refractivity contribution in [3.05, 3.63) is 39.4 Å². The van der Waals surface area contributed by atoms with Crippen LogP contribution < -0.4 is 0 Å². The van der Waals surface area contributed by atoms with E-state index >= 15 is 0 Å². The van der Waals surface area contributed by atoms with Gasteiger partial charge in [0.2, 0.25) is 0 Å². The molecular formula is C11H11Cl. The Morgan fingerprint density at radius 3 is 2.50 bits per heavy atom. The largest absolute Gasteiger partial charge is 0.0888 e. The Morgan fingerprint density at radius 2 is 1.83 bits per heavy atom. The zero-order chi connectivity index (χ0) is 8.72. The molecule has 0 amide bonds. The van der Waals surface area contributed by atoms with Crippen LogP contribution in [0.15, 0.2) is 17.2 Å². The topological polar surface area (TPSA) is 0 Å². The summed E-state index contributed by atoms with van der Waals surface area (Å²) in [4.78, 5) is 0. The first-order valence-electron chi connectivity index (χ1n) is 4.13. The first kappa shape index (κ1) is 7.88. The fourth-order valence-corrected chi connectivity index (χ4v) is 1.95. The fraction of sp³-hybridized carbons (Fsp3) is 0.273. The highest BCUT2D eigenvalue weighted by Gasteiger charge is 2.14. The van der Waals surface area contributed by atoms with Crippen LogP contribution in [0.5, 0.6) is 0 Å². The van der Waals surface area contributed by atoms with Gasteiger partial charge in [-0.15, -0.1) is 0 Å². The molecule has 0 bridgehead atoms. The standard InChI is InChI=1S/C11H11Cl/c1-7-3-4-8(2)11-6-9(12)5-10(7)11/h3-5H,6H2,1-2H3. The molecule has 62 valence electrons. The van der Waals surface area contributed by atoms with Gasteiger partial charge in [-0.25, -0.2) is 0 Å². The van der Waals surface area contributed by atoms with Gasteiger partial charge >= 0.3 is 0 Å². The van der Waals surface area contributed by atoms with E-state index in [2.05, 4.69) is 32.1 Å². The SMILES string of the molecule is Cc1ccc(C)c2c1C=C(Cl)C2. The van der Waals surface area contributed by atoms with Crippen LogP contribution in [0, 0.1) is 13.8 Å². The van der Waals surface area contributed by atoms with Crippen LogP contribution in [0.4, 0.5) is 0 Å². The van der Waals surface area contributed by atoms with E-state index in [4.69, 9.17) is 11.6 Å². The second kappa shape index (κ2) is 2.63. The molecule has 1 aliphatic rings. The summed E-state index contributed by atoms with van der Waals surface area (Å²) in [6, 6.07) is 4.32. The first-order chi connectivity index (χ1) is 5.68. The molecule has 12 heavy (non-hydrogen) atoms. The Bertz CT molecular complexity index is 362. The number of aryl methyl sites for hydroxylation is 2. The molecule has 0 saturated carbocycles. The van der Waals surface area contributed by atoms with Crippen molar-refractivity contribution in [2.45, 2.75) is 20.3 Å². The molecule has 0 aromatic heterocycles. The molecule has 1 aromatic carbocycles. The average molecular weight is 179 g/mol. The number of halogens is 1. The van der Waals surface area contributed by atoms with Crippen molar-refractivity contribution in [1.82, 2.24) is 0 Å². The predicted molar refractivity (Wildman–Crippen MR) is 53.5 cm³/mol. The Labute approximate surface area is 77.9 Å². The van der Waals surface area contributed by atoms with Crippen LogP contribution in [-0.2, 0) is 6.42 Å². The third kappa shape index (κ3) is 1.07. The average Bonchev–Trinajstić information content (AvgIpc) is 2.41. The molecule has 0 radical (unpaired) electrons. The molecule has 1 aromatic rings. The third-order valence-electron chi connectivity index (χ3n) is 2.46. The number of hydrogen-bond donors (Lipinski definition) is 0. The van der Waals surface area contributed by atoms with E-state index < -0.39 is 0 Å². The minimum atomic E-state index is 0.921. The molecule has 2 rings (SSSR count). The Balaban J connectivity index is 2.66. The van der Waals surface area contributed by atoms with Gasteiger partial charge in [-0.05, 0) is 42.2 Å². The van der Waals surface area contributed by atoms with Gasteiger partial charge in [0.25, 0.3) is 0 Å². The number of benzene rings is 1. The van der Waals surface area contributed by atoms with Gasteiger partial charge in [0.05, 0.1) is 0 Å². The van der Waals surface area contributed by atoms with Crippen LogP contribution >= 0.6 is 11.6 Å². The third-order valence-corrected chi connectivity index (χ3v) is 2.70. The summed E-state index contributed by atoms with van der Waals surface area (Å²) in [5, 5.41) is 0.961. The maximum Gasteiger partial charge on any atom is 0.0231 e. The van der Waals surface area contributed by atoms with Crippen LogP contribution in [0.25, 0.3) is 6.08 Å². The van der Waals surface area contributed by atoms with Crippen molar-refractivity contribution in [3.8, 4) is 0 Å². The highest BCUT2D eigenvalue weighted by molar-refractivity contribution is 6.32. The lowest BCUT2D eigenvalue weighted by molar-refractivity contribution is 1.21. The van der Waals surface area contributed by atoms with Crippen molar-refractivity contribution in [3.63, 3.8) is 0 Å². The zero-order valence-corrected chi connectivity index (χ0v) is 8.07. The van der Waals surface area contributed by atoms with Crippen molar-refractivity contribution in [2.24, 2.45) is 0 Å². The van der Waals surface area contributed by atoms with Gasteiger partial charge in [0.1, 0.15) is 0 Å². The summed E-state index contributed by atoms with van der Waals surface area (Å²) in [5.74, 6) is 0. The summed E-state index contributed by atoms with van der Waals surface area (Å²) in [5.41, 5.74) is 5.41. The molecule has 0 atom stereocenters. The Morgan fingerprint density at radius 1 is 1.17 bits per heavy atom. The number of rotatable bonds is 0. The maximum atomic E-state index is 5.98. The minimum Gasteiger partial charge on any atom is -0.0888 e. The van der Waals surface area contributed by atoms with Gasteiger partial charge in [0, 0.05) is 11.5 Å². The van der Waals surface area contributed by atoms with Crippen LogP contribution in [-0.4, -0.2) is 0 Å². The first-order valence-corrected chi connectivity index (χ1v) is 4.51. The van der Waals surface area contributed by atoms with Crippen molar-refractivity contribution < 1.29 is 0 Å². The summed E-state index contributed by atoms with van der Waals surface area (Å²) in [6.45, 7) is 4.27. The molecule has 1 heteroatoms. The predicted octanol–water partition coefficient (Wildman–Crippen LogP) is 3.44.